The quantitative estimate of drug-likeness (QED) is 0.635. The fraction of sp³-hybridized carbons (Fsp3) is 0.391. The van der Waals surface area contributed by atoms with Crippen molar-refractivity contribution in [2.45, 2.75) is 45.6 Å². The number of nitrogens with zero attached hydrogens (tertiary/aromatic N) is 1. The third-order valence-electron chi connectivity index (χ3n) is 4.75. The maximum atomic E-state index is 13.1. The van der Waals surface area contributed by atoms with Gasteiger partial charge in [0, 0.05) is 13.1 Å². The molecule has 2 amide bonds. The lowest BCUT2D eigenvalue weighted by Gasteiger charge is -2.29. The van der Waals surface area contributed by atoms with Crippen LogP contribution in [-0.2, 0) is 22.4 Å². The normalized spacial score (nSPS) is 11.7. The van der Waals surface area contributed by atoms with Gasteiger partial charge in [0.25, 0.3) is 0 Å². The lowest BCUT2D eigenvalue weighted by molar-refractivity contribution is -0.139. The summed E-state index contributed by atoms with van der Waals surface area (Å²) in [6, 6.07) is 15.2. The third kappa shape index (κ3) is 6.80. The van der Waals surface area contributed by atoms with Crippen LogP contribution in [0, 0.1) is 5.82 Å². The zero-order valence-electron chi connectivity index (χ0n) is 16.7. The summed E-state index contributed by atoms with van der Waals surface area (Å²) in [6.45, 7) is 4.88. The second-order valence-electron chi connectivity index (χ2n) is 6.95. The summed E-state index contributed by atoms with van der Waals surface area (Å²) in [5.41, 5.74) is 1.84. The van der Waals surface area contributed by atoms with E-state index in [4.69, 9.17) is 0 Å². The second kappa shape index (κ2) is 11.2. The minimum Gasteiger partial charge on any atom is -0.354 e. The number of carbonyl (C=O) groups excluding carboxylic acids is 2. The Kier molecular flexibility index (Phi) is 8.66. The molecule has 2 aromatic carbocycles. The number of nitrogens with one attached hydrogen (secondary N) is 1. The first-order chi connectivity index (χ1) is 13.5. The van der Waals surface area contributed by atoms with Crippen LogP contribution >= 0.6 is 0 Å². The van der Waals surface area contributed by atoms with Gasteiger partial charge in [0.15, 0.2) is 0 Å². The van der Waals surface area contributed by atoms with Crippen molar-refractivity contribution in [3.8, 4) is 0 Å². The maximum Gasteiger partial charge on any atom is 0.242 e. The van der Waals surface area contributed by atoms with Crippen LogP contribution in [-0.4, -0.2) is 35.8 Å². The number of unbranched alkanes of at least 4 members (excludes halogenated alkanes) is 1. The Bertz CT molecular complexity index is 747. The molecule has 1 N–H and O–H groups in total. The van der Waals surface area contributed by atoms with Crippen LogP contribution in [0.5, 0.6) is 0 Å². The Morgan fingerprint density at radius 3 is 2.36 bits per heavy atom. The summed E-state index contributed by atoms with van der Waals surface area (Å²) in [5.74, 6) is -0.615. The van der Waals surface area contributed by atoms with Gasteiger partial charge in [-0.3, -0.25) is 9.59 Å². The van der Waals surface area contributed by atoms with Gasteiger partial charge in [-0.25, -0.2) is 4.39 Å². The fourth-order valence-electron chi connectivity index (χ4n) is 2.98. The Morgan fingerprint density at radius 1 is 1.04 bits per heavy atom. The number of amides is 2. The molecule has 0 aromatic heterocycles. The lowest BCUT2D eigenvalue weighted by atomic mass is 10.1. The highest BCUT2D eigenvalue weighted by Crippen LogP contribution is 2.10. The van der Waals surface area contributed by atoms with Gasteiger partial charge in [0.1, 0.15) is 11.9 Å². The van der Waals surface area contributed by atoms with Crippen molar-refractivity contribution in [2.75, 3.05) is 13.1 Å². The van der Waals surface area contributed by atoms with Crippen molar-refractivity contribution in [1.29, 1.82) is 0 Å². The minimum absolute atomic E-state index is 0.138. The number of hydrogen-bond acceptors (Lipinski definition) is 2. The van der Waals surface area contributed by atoms with Crippen molar-refractivity contribution in [3.63, 3.8) is 0 Å². The van der Waals surface area contributed by atoms with E-state index in [1.807, 2.05) is 30.3 Å². The monoisotopic (exact) mass is 384 g/mol. The smallest absolute Gasteiger partial charge is 0.242 e. The number of halogens is 1. The number of benzene rings is 2. The van der Waals surface area contributed by atoms with Crippen molar-refractivity contribution in [1.82, 2.24) is 10.2 Å². The molecule has 2 aromatic rings. The van der Waals surface area contributed by atoms with Crippen LogP contribution in [0.4, 0.5) is 4.39 Å². The van der Waals surface area contributed by atoms with Crippen molar-refractivity contribution in [3.05, 3.63) is 71.5 Å². The van der Waals surface area contributed by atoms with Gasteiger partial charge in [-0.2, -0.15) is 0 Å². The van der Waals surface area contributed by atoms with Crippen molar-refractivity contribution < 1.29 is 14.0 Å². The lowest BCUT2D eigenvalue weighted by Crippen LogP contribution is -2.49. The second-order valence-corrected chi connectivity index (χ2v) is 6.95. The van der Waals surface area contributed by atoms with E-state index in [1.54, 1.807) is 24.0 Å². The Balaban J connectivity index is 2.08. The molecule has 0 fully saturated rings. The molecule has 2 rings (SSSR count). The SMILES string of the molecule is CCCCNC(=O)[C@H](C)N(CCc1ccccc1)C(=O)Cc1ccc(F)cc1. The van der Waals surface area contributed by atoms with E-state index in [0.717, 1.165) is 24.0 Å². The van der Waals surface area contributed by atoms with Crippen LogP contribution in [0.1, 0.15) is 37.8 Å². The Hall–Kier alpha value is -2.69. The molecular formula is C23H29FN2O2. The molecule has 0 aliphatic carbocycles. The average Bonchev–Trinajstić information content (AvgIpc) is 2.70. The van der Waals surface area contributed by atoms with Gasteiger partial charge < -0.3 is 10.2 Å². The van der Waals surface area contributed by atoms with E-state index in [0.29, 0.717) is 19.5 Å². The van der Waals surface area contributed by atoms with Crippen LogP contribution in [0.25, 0.3) is 0 Å². The van der Waals surface area contributed by atoms with Crippen LogP contribution in [0.3, 0.4) is 0 Å². The van der Waals surface area contributed by atoms with E-state index in [-0.39, 0.29) is 24.1 Å². The fourth-order valence-corrected chi connectivity index (χ4v) is 2.98. The predicted molar refractivity (Wildman–Crippen MR) is 109 cm³/mol. The van der Waals surface area contributed by atoms with Crippen molar-refractivity contribution in [2.24, 2.45) is 0 Å². The highest BCUT2D eigenvalue weighted by molar-refractivity contribution is 5.88. The van der Waals surface area contributed by atoms with Gasteiger partial charge in [-0.05, 0) is 43.0 Å². The summed E-state index contributed by atoms with van der Waals surface area (Å²) in [5, 5.41) is 2.91. The van der Waals surface area contributed by atoms with Crippen LogP contribution in [0.15, 0.2) is 54.6 Å². The molecule has 0 saturated carbocycles. The van der Waals surface area contributed by atoms with E-state index in [9.17, 15) is 14.0 Å². The molecule has 0 aliphatic heterocycles. The molecule has 0 spiro atoms. The average molecular weight is 384 g/mol. The van der Waals surface area contributed by atoms with Crippen molar-refractivity contribution >= 4 is 11.8 Å². The van der Waals surface area contributed by atoms with E-state index in [1.165, 1.54) is 12.1 Å². The Labute approximate surface area is 166 Å². The first-order valence-electron chi connectivity index (χ1n) is 9.86. The zero-order chi connectivity index (χ0) is 20.4. The molecule has 0 radical (unpaired) electrons. The summed E-state index contributed by atoms with van der Waals surface area (Å²) < 4.78 is 13.1. The summed E-state index contributed by atoms with van der Waals surface area (Å²) in [7, 11) is 0. The Morgan fingerprint density at radius 2 is 1.71 bits per heavy atom. The molecule has 0 heterocycles. The largest absolute Gasteiger partial charge is 0.354 e. The predicted octanol–water partition coefficient (Wildman–Crippen LogP) is 3.74. The third-order valence-corrected chi connectivity index (χ3v) is 4.75. The molecule has 5 heteroatoms. The van der Waals surface area contributed by atoms with Gasteiger partial charge in [0.05, 0.1) is 6.42 Å². The van der Waals surface area contributed by atoms with E-state index < -0.39 is 6.04 Å². The van der Waals surface area contributed by atoms with Gasteiger partial charge in [0.2, 0.25) is 11.8 Å². The molecule has 0 saturated heterocycles. The summed E-state index contributed by atoms with van der Waals surface area (Å²) in [6.07, 6.45) is 2.71. The van der Waals surface area contributed by atoms with E-state index in [2.05, 4.69) is 12.2 Å². The molecule has 4 nitrogen and oxygen atoms in total. The molecule has 150 valence electrons. The molecule has 1 atom stereocenters. The molecule has 0 aliphatic rings. The van der Waals surface area contributed by atoms with Gasteiger partial charge in [-0.1, -0.05) is 55.8 Å². The molecular weight excluding hydrogens is 355 g/mol. The van der Waals surface area contributed by atoms with Gasteiger partial charge >= 0.3 is 0 Å². The highest BCUT2D eigenvalue weighted by atomic mass is 19.1. The van der Waals surface area contributed by atoms with Crippen LogP contribution < -0.4 is 5.32 Å². The number of rotatable bonds is 10. The van der Waals surface area contributed by atoms with Crippen LogP contribution in [0.2, 0.25) is 0 Å². The molecule has 0 unspecified atom stereocenters. The molecule has 0 bridgehead atoms. The number of hydrogen-bond donors (Lipinski definition) is 1. The molecule has 28 heavy (non-hydrogen) atoms. The summed E-state index contributed by atoms with van der Waals surface area (Å²) >= 11 is 0. The first-order valence-corrected chi connectivity index (χ1v) is 9.86. The highest BCUT2D eigenvalue weighted by Gasteiger charge is 2.25. The zero-order valence-corrected chi connectivity index (χ0v) is 16.7. The standard InChI is InChI=1S/C23H29FN2O2/c1-3-4-15-25-23(28)18(2)26(16-14-19-8-6-5-7-9-19)22(27)17-20-10-12-21(24)13-11-20/h5-13,18H,3-4,14-17H2,1-2H3,(H,25,28)/t18-/m0/s1. The first kappa shape index (κ1) is 21.6. The van der Waals surface area contributed by atoms with E-state index >= 15 is 0 Å². The summed E-state index contributed by atoms with van der Waals surface area (Å²) in [4.78, 5) is 27.1. The topological polar surface area (TPSA) is 49.4 Å². The maximum absolute atomic E-state index is 13.1. The minimum atomic E-state index is -0.562. The number of carbonyl (C=O) groups is 2. The van der Waals surface area contributed by atoms with Gasteiger partial charge in [-0.15, -0.1) is 0 Å².